The zero-order valence-corrected chi connectivity index (χ0v) is 9.89. The molecule has 0 bridgehead atoms. The van der Waals surface area contributed by atoms with Crippen LogP contribution >= 0.6 is 0 Å². The van der Waals surface area contributed by atoms with Crippen molar-refractivity contribution in [2.75, 3.05) is 6.61 Å². The molecule has 1 aliphatic heterocycles. The predicted octanol–water partition coefficient (Wildman–Crippen LogP) is 2.33. The summed E-state index contributed by atoms with van der Waals surface area (Å²) in [7, 11) is 0. The summed E-state index contributed by atoms with van der Waals surface area (Å²) in [4.78, 5) is 0. The van der Waals surface area contributed by atoms with Gasteiger partial charge in [-0.05, 0) is 38.5 Å². The third kappa shape index (κ3) is 1.70. The summed E-state index contributed by atoms with van der Waals surface area (Å²) >= 11 is 0. The van der Waals surface area contributed by atoms with Crippen LogP contribution in [0.4, 0.5) is 0 Å². The van der Waals surface area contributed by atoms with Crippen molar-refractivity contribution in [2.45, 2.75) is 64.6 Å². The summed E-state index contributed by atoms with van der Waals surface area (Å²) < 4.78 is 5.72. The lowest BCUT2D eigenvalue weighted by Crippen LogP contribution is -2.45. The highest BCUT2D eigenvalue weighted by Gasteiger charge is 2.51. The fourth-order valence-corrected chi connectivity index (χ4v) is 2.47. The quantitative estimate of drug-likeness (QED) is 0.750. The first-order valence-corrected chi connectivity index (χ1v) is 5.88. The number of ether oxygens (including phenoxy) is 1. The van der Waals surface area contributed by atoms with Crippen LogP contribution in [-0.4, -0.2) is 24.3 Å². The van der Waals surface area contributed by atoms with E-state index in [4.69, 9.17) is 4.74 Å². The zero-order valence-electron chi connectivity index (χ0n) is 9.89. The number of hydrogen-bond acceptors (Lipinski definition) is 2. The van der Waals surface area contributed by atoms with Crippen molar-refractivity contribution in [1.82, 2.24) is 5.32 Å². The molecule has 82 valence electrons. The van der Waals surface area contributed by atoms with Gasteiger partial charge in [-0.15, -0.1) is 0 Å². The van der Waals surface area contributed by atoms with Crippen LogP contribution in [0, 0.1) is 5.41 Å². The average Bonchev–Trinajstić information content (AvgIpc) is 2.63. The fraction of sp³-hybridized carbons (Fsp3) is 1.00. The summed E-state index contributed by atoms with van der Waals surface area (Å²) in [5, 5.41) is 3.76. The maximum atomic E-state index is 5.72. The summed E-state index contributed by atoms with van der Waals surface area (Å²) in [6.07, 6.45) is 3.80. The first-order valence-electron chi connectivity index (χ1n) is 5.88. The fourth-order valence-electron chi connectivity index (χ4n) is 2.47. The molecule has 0 aromatic rings. The minimum atomic E-state index is 0.0389. The molecule has 0 radical (unpaired) electrons. The van der Waals surface area contributed by atoms with Gasteiger partial charge in [0.05, 0.1) is 5.60 Å². The van der Waals surface area contributed by atoms with Crippen molar-refractivity contribution in [2.24, 2.45) is 5.41 Å². The van der Waals surface area contributed by atoms with Crippen LogP contribution in [0.2, 0.25) is 0 Å². The highest BCUT2D eigenvalue weighted by atomic mass is 16.5. The summed E-state index contributed by atoms with van der Waals surface area (Å²) in [6, 6.07) is 1.29. The van der Waals surface area contributed by atoms with Gasteiger partial charge < -0.3 is 10.1 Å². The van der Waals surface area contributed by atoms with Gasteiger partial charge in [-0.25, -0.2) is 0 Å². The first kappa shape index (κ1) is 10.4. The Morgan fingerprint density at radius 2 is 2.00 bits per heavy atom. The molecule has 3 unspecified atom stereocenters. The Morgan fingerprint density at radius 3 is 2.43 bits per heavy atom. The van der Waals surface area contributed by atoms with Gasteiger partial charge in [-0.2, -0.15) is 0 Å². The van der Waals surface area contributed by atoms with Crippen LogP contribution in [0.25, 0.3) is 0 Å². The molecule has 1 heterocycles. The molecule has 14 heavy (non-hydrogen) atoms. The second kappa shape index (κ2) is 3.21. The van der Waals surface area contributed by atoms with E-state index < -0.39 is 0 Å². The Labute approximate surface area is 87.4 Å². The van der Waals surface area contributed by atoms with E-state index in [9.17, 15) is 0 Å². The molecule has 2 nitrogen and oxygen atoms in total. The molecule has 2 rings (SSSR count). The van der Waals surface area contributed by atoms with Gasteiger partial charge in [0.15, 0.2) is 0 Å². The van der Waals surface area contributed by atoms with E-state index in [1.165, 1.54) is 19.3 Å². The largest absolute Gasteiger partial charge is 0.374 e. The van der Waals surface area contributed by atoms with E-state index in [2.05, 4.69) is 33.0 Å². The van der Waals surface area contributed by atoms with Crippen molar-refractivity contribution in [3.63, 3.8) is 0 Å². The van der Waals surface area contributed by atoms with Gasteiger partial charge in [0, 0.05) is 18.7 Å². The second-order valence-corrected chi connectivity index (χ2v) is 5.72. The van der Waals surface area contributed by atoms with Crippen LogP contribution in [0.1, 0.15) is 47.0 Å². The van der Waals surface area contributed by atoms with Crippen LogP contribution in [-0.2, 0) is 4.74 Å². The minimum Gasteiger partial charge on any atom is -0.374 e. The first-order chi connectivity index (χ1) is 6.48. The van der Waals surface area contributed by atoms with E-state index >= 15 is 0 Å². The number of hydrogen-bond donors (Lipinski definition) is 1. The molecule has 3 atom stereocenters. The van der Waals surface area contributed by atoms with Gasteiger partial charge in [0.25, 0.3) is 0 Å². The van der Waals surface area contributed by atoms with Crippen molar-refractivity contribution >= 4 is 0 Å². The maximum absolute atomic E-state index is 5.72. The Morgan fingerprint density at radius 1 is 1.29 bits per heavy atom. The van der Waals surface area contributed by atoms with Gasteiger partial charge >= 0.3 is 0 Å². The lowest BCUT2D eigenvalue weighted by Gasteiger charge is -2.27. The lowest BCUT2D eigenvalue weighted by molar-refractivity contribution is 0.0207. The maximum Gasteiger partial charge on any atom is 0.0779 e. The summed E-state index contributed by atoms with van der Waals surface area (Å²) in [5.74, 6) is 0. The van der Waals surface area contributed by atoms with Crippen molar-refractivity contribution in [3.8, 4) is 0 Å². The molecule has 1 aliphatic carbocycles. The summed E-state index contributed by atoms with van der Waals surface area (Å²) in [5.41, 5.74) is 0.607. The summed E-state index contributed by atoms with van der Waals surface area (Å²) in [6.45, 7) is 9.98. The van der Waals surface area contributed by atoms with Crippen molar-refractivity contribution in [3.05, 3.63) is 0 Å². The SMILES string of the molecule is CCC1(C)CC1NC1CCOC1(C)C. The zero-order chi connectivity index (χ0) is 10.4. The third-order valence-corrected chi connectivity index (χ3v) is 4.28. The van der Waals surface area contributed by atoms with Gasteiger partial charge in [-0.1, -0.05) is 13.8 Å². The van der Waals surface area contributed by atoms with Gasteiger partial charge in [-0.3, -0.25) is 0 Å². The predicted molar refractivity (Wildman–Crippen MR) is 58.4 cm³/mol. The Balaban J connectivity index is 1.88. The highest BCUT2D eigenvalue weighted by Crippen LogP contribution is 2.49. The van der Waals surface area contributed by atoms with Gasteiger partial charge in [0.1, 0.15) is 0 Å². The molecule has 0 aromatic heterocycles. The molecule has 1 saturated carbocycles. The molecule has 1 N–H and O–H groups in total. The van der Waals surface area contributed by atoms with E-state index in [0.717, 1.165) is 12.6 Å². The number of nitrogens with one attached hydrogen (secondary N) is 1. The normalized spacial score (nSPS) is 45.4. The van der Waals surface area contributed by atoms with E-state index in [1.807, 2.05) is 0 Å². The van der Waals surface area contributed by atoms with E-state index in [0.29, 0.717) is 11.5 Å². The molecule has 1 saturated heterocycles. The average molecular weight is 197 g/mol. The smallest absolute Gasteiger partial charge is 0.0779 e. The third-order valence-electron chi connectivity index (χ3n) is 4.28. The molecular formula is C12H23NO. The Hall–Kier alpha value is -0.0800. The van der Waals surface area contributed by atoms with Gasteiger partial charge in [0.2, 0.25) is 0 Å². The van der Waals surface area contributed by atoms with Crippen molar-refractivity contribution in [1.29, 1.82) is 0 Å². The topological polar surface area (TPSA) is 21.3 Å². The standard InChI is InChI=1S/C12H23NO/c1-5-12(4)8-10(12)13-9-6-7-14-11(9,2)3/h9-10,13H,5-8H2,1-4H3. The Bertz CT molecular complexity index is 226. The monoisotopic (exact) mass is 197 g/mol. The molecule has 2 fully saturated rings. The molecule has 0 spiro atoms. The van der Waals surface area contributed by atoms with Crippen LogP contribution in [0.5, 0.6) is 0 Å². The molecule has 0 aromatic carbocycles. The van der Waals surface area contributed by atoms with Crippen LogP contribution < -0.4 is 5.32 Å². The van der Waals surface area contributed by atoms with E-state index in [1.54, 1.807) is 0 Å². The van der Waals surface area contributed by atoms with E-state index in [-0.39, 0.29) is 5.60 Å². The van der Waals surface area contributed by atoms with Crippen molar-refractivity contribution < 1.29 is 4.74 Å². The second-order valence-electron chi connectivity index (χ2n) is 5.72. The highest BCUT2D eigenvalue weighted by molar-refractivity contribution is 5.07. The molecule has 2 aliphatic rings. The van der Waals surface area contributed by atoms with Crippen LogP contribution in [0.3, 0.4) is 0 Å². The molecule has 0 amide bonds. The lowest BCUT2D eigenvalue weighted by atomic mass is 9.98. The Kier molecular flexibility index (Phi) is 2.39. The molecular weight excluding hydrogens is 174 g/mol. The van der Waals surface area contributed by atoms with Crippen LogP contribution in [0.15, 0.2) is 0 Å². The minimum absolute atomic E-state index is 0.0389. The number of rotatable bonds is 3. The molecule has 2 heteroatoms.